The highest BCUT2D eigenvalue weighted by atomic mass is 35.5. The fraction of sp³-hybridized carbons (Fsp3) is 0.235. The summed E-state index contributed by atoms with van der Waals surface area (Å²) in [5.41, 5.74) is 0.624. The highest BCUT2D eigenvalue weighted by Crippen LogP contribution is 2.28. The minimum Gasteiger partial charge on any atom is -0.354 e. The fourth-order valence-corrected chi connectivity index (χ4v) is 4.56. The summed E-state index contributed by atoms with van der Waals surface area (Å²) >= 11 is 5.87. The lowest BCUT2D eigenvalue weighted by Crippen LogP contribution is -2.43. The van der Waals surface area contributed by atoms with Crippen molar-refractivity contribution in [3.8, 4) is 0 Å². The van der Waals surface area contributed by atoms with Crippen LogP contribution in [0, 0.1) is 0 Å². The molecule has 1 aromatic carbocycles. The second kappa shape index (κ2) is 7.44. The van der Waals surface area contributed by atoms with Crippen molar-refractivity contribution < 1.29 is 8.42 Å². The molecule has 9 heteroatoms. The summed E-state index contributed by atoms with van der Waals surface area (Å²) in [5, 5.41) is 4.64. The maximum atomic E-state index is 13.0. The summed E-state index contributed by atoms with van der Waals surface area (Å²) in [4.78, 5) is 6.87. The molecule has 1 aliphatic rings. The second-order valence-electron chi connectivity index (χ2n) is 5.87. The van der Waals surface area contributed by atoms with Gasteiger partial charge in [-0.25, -0.2) is 17.4 Å². The molecule has 1 fully saturated rings. The zero-order chi connectivity index (χ0) is 17.4. The molecule has 0 saturated carbocycles. The van der Waals surface area contributed by atoms with Crippen molar-refractivity contribution in [3.05, 3.63) is 53.8 Å². The van der Waals surface area contributed by atoms with Gasteiger partial charge in [-0.2, -0.15) is 0 Å². The number of pyridine rings is 1. The number of aromatic nitrogens is 2. The molecule has 4 rings (SSSR count). The molecule has 1 N–H and O–H groups in total. The smallest absolute Gasteiger partial charge is 0.268 e. The maximum Gasteiger partial charge on any atom is 0.268 e. The summed E-state index contributed by atoms with van der Waals surface area (Å²) < 4.78 is 27.3. The van der Waals surface area contributed by atoms with Gasteiger partial charge >= 0.3 is 0 Å². The molecule has 3 heterocycles. The van der Waals surface area contributed by atoms with Gasteiger partial charge in [0.2, 0.25) is 0 Å². The van der Waals surface area contributed by atoms with Gasteiger partial charge in [-0.1, -0.05) is 11.6 Å². The van der Waals surface area contributed by atoms with Gasteiger partial charge in [0, 0.05) is 49.0 Å². The van der Waals surface area contributed by atoms with Crippen molar-refractivity contribution in [2.45, 2.75) is 4.90 Å². The monoisotopic (exact) mass is 412 g/mol. The predicted octanol–water partition coefficient (Wildman–Crippen LogP) is 2.76. The van der Waals surface area contributed by atoms with Crippen LogP contribution in [0.1, 0.15) is 0 Å². The van der Waals surface area contributed by atoms with Crippen LogP contribution in [0.4, 0.5) is 5.82 Å². The van der Waals surface area contributed by atoms with E-state index in [1.807, 2.05) is 6.07 Å². The molecule has 0 atom stereocenters. The standard InChI is InChI=1S/C17H17ClN4O2S.ClH/c18-13-1-3-14(4-2-13)25(23,24)22-10-6-15-16(22)5-7-20-17(15)21-11-8-19-9-12-21;/h1-7,10,19H,8-9,11-12H2;1H. The zero-order valence-corrected chi connectivity index (χ0v) is 16.2. The number of piperazine rings is 1. The average molecular weight is 413 g/mol. The first-order valence-electron chi connectivity index (χ1n) is 8.00. The third-order valence-electron chi connectivity index (χ3n) is 4.35. The molecule has 138 valence electrons. The van der Waals surface area contributed by atoms with Crippen molar-refractivity contribution >= 4 is 50.8 Å². The molecular weight excluding hydrogens is 395 g/mol. The number of nitrogens with one attached hydrogen (secondary N) is 1. The molecule has 1 aliphatic heterocycles. The summed E-state index contributed by atoms with van der Waals surface area (Å²) in [7, 11) is -3.69. The van der Waals surface area contributed by atoms with E-state index in [9.17, 15) is 8.42 Å². The first-order chi connectivity index (χ1) is 12.1. The highest BCUT2D eigenvalue weighted by molar-refractivity contribution is 7.90. The Kier molecular flexibility index (Phi) is 5.43. The Morgan fingerprint density at radius 2 is 1.73 bits per heavy atom. The van der Waals surface area contributed by atoms with E-state index in [2.05, 4.69) is 15.2 Å². The topological polar surface area (TPSA) is 67.2 Å². The van der Waals surface area contributed by atoms with Crippen LogP contribution in [0.25, 0.3) is 10.9 Å². The summed E-state index contributed by atoms with van der Waals surface area (Å²) in [5.74, 6) is 0.823. The molecule has 0 unspecified atom stereocenters. The van der Waals surface area contributed by atoms with E-state index in [1.54, 1.807) is 30.6 Å². The number of nitrogens with zero attached hydrogens (tertiary/aromatic N) is 3. The van der Waals surface area contributed by atoms with Gasteiger partial charge in [0.05, 0.1) is 10.4 Å². The summed E-state index contributed by atoms with van der Waals surface area (Å²) in [6, 6.07) is 9.73. The number of fused-ring (bicyclic) bond motifs is 1. The van der Waals surface area contributed by atoms with Crippen LogP contribution < -0.4 is 10.2 Å². The molecule has 0 aliphatic carbocycles. The summed E-state index contributed by atoms with van der Waals surface area (Å²) in [6.45, 7) is 3.48. The van der Waals surface area contributed by atoms with Gasteiger partial charge in [-0.3, -0.25) is 0 Å². The van der Waals surface area contributed by atoms with E-state index >= 15 is 0 Å². The largest absolute Gasteiger partial charge is 0.354 e. The van der Waals surface area contributed by atoms with E-state index < -0.39 is 10.0 Å². The quantitative estimate of drug-likeness (QED) is 0.716. The number of rotatable bonds is 3. The molecular formula is C17H18Cl2N4O2S. The Morgan fingerprint density at radius 3 is 2.42 bits per heavy atom. The molecule has 0 amide bonds. The van der Waals surface area contributed by atoms with Crippen molar-refractivity contribution in [2.75, 3.05) is 31.1 Å². The Morgan fingerprint density at radius 1 is 1.04 bits per heavy atom. The molecule has 26 heavy (non-hydrogen) atoms. The van der Waals surface area contributed by atoms with Crippen molar-refractivity contribution in [3.63, 3.8) is 0 Å². The fourth-order valence-electron chi connectivity index (χ4n) is 3.09. The van der Waals surface area contributed by atoms with Gasteiger partial charge in [0.25, 0.3) is 10.0 Å². The highest BCUT2D eigenvalue weighted by Gasteiger charge is 2.22. The van der Waals surface area contributed by atoms with Crippen LogP contribution in [-0.4, -0.2) is 43.6 Å². The number of hydrogen-bond donors (Lipinski definition) is 1. The van der Waals surface area contributed by atoms with Crippen LogP contribution in [0.15, 0.2) is 53.7 Å². The number of benzene rings is 1. The predicted molar refractivity (Wildman–Crippen MR) is 106 cm³/mol. The Hall–Kier alpha value is -1.80. The van der Waals surface area contributed by atoms with Gasteiger partial charge in [-0.05, 0) is 36.4 Å². The van der Waals surface area contributed by atoms with Gasteiger partial charge in [0.15, 0.2) is 0 Å². The number of anilines is 1. The van der Waals surface area contributed by atoms with E-state index in [0.717, 1.165) is 37.4 Å². The van der Waals surface area contributed by atoms with E-state index in [0.29, 0.717) is 10.5 Å². The lowest BCUT2D eigenvalue weighted by Gasteiger charge is -2.28. The SMILES string of the molecule is Cl.O=S(=O)(c1ccc(Cl)cc1)n1ccc2c(N3CCNCC3)nccc21. The minimum atomic E-state index is -3.69. The Balaban J connectivity index is 0.00000196. The Labute approximate surface area is 163 Å². The molecule has 2 aromatic heterocycles. The Bertz CT molecular complexity index is 1010. The maximum absolute atomic E-state index is 13.0. The molecule has 0 bridgehead atoms. The molecule has 0 radical (unpaired) electrons. The molecule has 3 aromatic rings. The second-order valence-corrected chi connectivity index (χ2v) is 8.13. The van der Waals surface area contributed by atoms with Gasteiger partial charge in [0.1, 0.15) is 5.82 Å². The van der Waals surface area contributed by atoms with Crippen molar-refractivity contribution in [2.24, 2.45) is 0 Å². The minimum absolute atomic E-state index is 0. The molecule has 1 saturated heterocycles. The molecule has 6 nitrogen and oxygen atoms in total. The third kappa shape index (κ3) is 3.27. The first kappa shape index (κ1) is 19.0. The van der Waals surface area contributed by atoms with Crippen LogP contribution in [0.2, 0.25) is 5.02 Å². The van der Waals surface area contributed by atoms with E-state index in [1.165, 1.54) is 16.1 Å². The summed E-state index contributed by atoms with van der Waals surface area (Å²) in [6.07, 6.45) is 3.25. The van der Waals surface area contributed by atoms with Crippen LogP contribution in [0.5, 0.6) is 0 Å². The van der Waals surface area contributed by atoms with Crippen LogP contribution in [-0.2, 0) is 10.0 Å². The number of hydrogen-bond acceptors (Lipinski definition) is 5. The molecule has 0 spiro atoms. The van der Waals surface area contributed by atoms with Crippen LogP contribution in [0.3, 0.4) is 0 Å². The van der Waals surface area contributed by atoms with Gasteiger partial charge < -0.3 is 10.2 Å². The average Bonchev–Trinajstić information content (AvgIpc) is 3.08. The van der Waals surface area contributed by atoms with Crippen LogP contribution >= 0.6 is 24.0 Å². The number of halogens is 2. The first-order valence-corrected chi connectivity index (χ1v) is 9.82. The lowest BCUT2D eigenvalue weighted by molar-refractivity contribution is 0.586. The van der Waals surface area contributed by atoms with E-state index in [-0.39, 0.29) is 17.3 Å². The van der Waals surface area contributed by atoms with Gasteiger partial charge in [-0.15, -0.1) is 12.4 Å². The zero-order valence-electron chi connectivity index (χ0n) is 13.8. The van der Waals surface area contributed by atoms with Crippen molar-refractivity contribution in [1.82, 2.24) is 14.3 Å². The third-order valence-corrected chi connectivity index (χ3v) is 6.30. The van der Waals surface area contributed by atoms with Crippen molar-refractivity contribution in [1.29, 1.82) is 0 Å². The lowest BCUT2D eigenvalue weighted by atomic mass is 10.2. The van der Waals surface area contributed by atoms with E-state index in [4.69, 9.17) is 11.6 Å². The normalized spacial score (nSPS) is 15.0.